The van der Waals surface area contributed by atoms with Crippen LogP contribution in [-0.2, 0) is 20.8 Å². The van der Waals surface area contributed by atoms with E-state index >= 15 is 0 Å². The van der Waals surface area contributed by atoms with E-state index in [1.165, 1.54) is 31.6 Å². The summed E-state index contributed by atoms with van der Waals surface area (Å²) in [5, 5.41) is 20.5. The Labute approximate surface area is 340 Å². The van der Waals surface area contributed by atoms with E-state index < -0.39 is 42.0 Å². The number of aromatic nitrogens is 3. The predicted octanol–water partition coefficient (Wildman–Crippen LogP) is 3.97. The summed E-state index contributed by atoms with van der Waals surface area (Å²) in [6.45, 7) is 3.23. The summed E-state index contributed by atoms with van der Waals surface area (Å²) in [5.41, 5.74) is 19.5. The van der Waals surface area contributed by atoms with E-state index in [2.05, 4.69) is 25.6 Å². The summed E-state index contributed by atoms with van der Waals surface area (Å²) in [5.74, 6) is -7.84. The molecule has 332 valence electrons. The van der Waals surface area contributed by atoms with Gasteiger partial charge in [0.1, 0.15) is 0 Å². The van der Waals surface area contributed by atoms with Crippen molar-refractivity contribution in [2.45, 2.75) is 57.0 Å². The van der Waals surface area contributed by atoms with Gasteiger partial charge in [-0.15, -0.1) is 0 Å². The van der Waals surface area contributed by atoms with Crippen LogP contribution in [-0.4, -0.2) is 110 Å². The number of carbonyl (C=O) groups excluding carboxylic acids is 2. The first-order valence-corrected chi connectivity index (χ1v) is 17.7. The number of halogens is 8. The molecule has 0 unspecified atom stereocenters. The number of carboxylic acid groups (broad SMARTS) is 2. The maximum Gasteiger partial charge on any atom is 0.490 e. The summed E-state index contributed by atoms with van der Waals surface area (Å²) in [6, 6.07) is 7.26. The first-order chi connectivity index (χ1) is 28.5. The molecule has 2 amide bonds. The normalized spacial score (nSPS) is 14.1. The molecule has 61 heavy (non-hydrogen) atoms. The van der Waals surface area contributed by atoms with Crippen LogP contribution < -0.4 is 32.6 Å². The highest BCUT2D eigenvalue weighted by atomic mass is 19.4. The summed E-state index contributed by atoms with van der Waals surface area (Å²) in [4.78, 5) is 58.3. The standard InChI is InChI=1S/C32H38F2N10O3.2C2HF3O2/c1-3-18-15-19(41-28-29-40-16-24(44(29)14-12-38-28)22-8-9-25(47-2)27(34)26(22)33)6-7-21(18)30(45)42-20-10-13-43(17-20)31(46)23(35)5-4-11-39-32(36)37;2*3-2(4,5)1(6)7/h6-9,12,14-16,20,23H,3-5,10-11,13,17,35H2,1-2H3,(H,38,41)(H,42,45)(H4,36,37,39);2*(H,6,7)/t20-,23+;;/m1../s1. The molecule has 0 bridgehead atoms. The number of carbonyl (C=O) groups is 4. The Kier molecular flexibility index (Phi) is 16.7. The highest BCUT2D eigenvalue weighted by Gasteiger charge is 2.39. The summed E-state index contributed by atoms with van der Waals surface area (Å²) >= 11 is 0. The molecule has 0 spiro atoms. The number of rotatable bonds is 12. The number of amides is 2. The largest absolute Gasteiger partial charge is 0.494 e. The third-order valence-corrected chi connectivity index (χ3v) is 8.57. The zero-order chi connectivity index (χ0) is 45.8. The number of hydrogen-bond acceptors (Lipinski definition) is 10. The number of anilines is 2. The van der Waals surface area contributed by atoms with Gasteiger partial charge in [-0.05, 0) is 61.6 Å². The molecule has 1 saturated heterocycles. The van der Waals surface area contributed by atoms with Gasteiger partial charge in [0.05, 0.1) is 25.0 Å². The average Bonchev–Trinajstić information content (AvgIpc) is 3.85. The van der Waals surface area contributed by atoms with E-state index in [0.717, 1.165) is 5.56 Å². The number of nitrogens with two attached hydrogens (primary N) is 3. The zero-order valence-electron chi connectivity index (χ0n) is 32.2. The Morgan fingerprint density at radius 2 is 1.64 bits per heavy atom. The van der Waals surface area contributed by atoms with Gasteiger partial charge in [0.15, 0.2) is 29.0 Å². The first-order valence-electron chi connectivity index (χ1n) is 17.7. The summed E-state index contributed by atoms with van der Waals surface area (Å²) in [6.07, 6.45) is -3.35. The molecule has 0 aliphatic carbocycles. The Hall–Kier alpha value is -6.79. The molecular formula is C36H40F8N10O7. The molecule has 10 N–H and O–H groups in total. The number of methoxy groups -OCH3 is 1. The summed E-state index contributed by atoms with van der Waals surface area (Å²) in [7, 11) is 1.27. The number of ether oxygens (including phenoxy) is 1. The minimum absolute atomic E-state index is 0.00222. The van der Waals surface area contributed by atoms with Gasteiger partial charge in [-0.3, -0.25) is 19.0 Å². The Balaban J connectivity index is 0.000000609. The van der Waals surface area contributed by atoms with Crippen molar-refractivity contribution in [1.29, 1.82) is 0 Å². The molecule has 2 aromatic carbocycles. The quantitative estimate of drug-likeness (QED) is 0.0461. The number of imidazole rings is 1. The van der Waals surface area contributed by atoms with Gasteiger partial charge in [0, 0.05) is 54.9 Å². The van der Waals surface area contributed by atoms with Crippen molar-refractivity contribution >= 4 is 46.9 Å². The van der Waals surface area contributed by atoms with Gasteiger partial charge >= 0.3 is 24.3 Å². The molecule has 0 radical (unpaired) electrons. The van der Waals surface area contributed by atoms with Crippen LogP contribution in [0.2, 0.25) is 0 Å². The van der Waals surface area contributed by atoms with Gasteiger partial charge in [-0.25, -0.2) is 23.9 Å². The van der Waals surface area contributed by atoms with Gasteiger partial charge in [-0.2, -0.15) is 30.7 Å². The van der Waals surface area contributed by atoms with Gasteiger partial charge in [-0.1, -0.05) is 6.92 Å². The maximum atomic E-state index is 14.9. The predicted molar refractivity (Wildman–Crippen MR) is 202 cm³/mol. The fourth-order valence-corrected chi connectivity index (χ4v) is 5.63. The van der Waals surface area contributed by atoms with E-state index in [1.807, 2.05) is 13.0 Å². The SMILES string of the molecule is CCc1cc(Nc2nccn3c(-c4ccc(OC)c(F)c4F)cnc23)ccc1C(=O)N[C@@H]1CCN(C(=O)[C@@H](N)CCCN=C(N)N)C1.O=C(O)C(F)(F)F.O=C(O)C(F)(F)F. The number of likely N-dealkylation sites (tertiary alicyclic amines) is 1. The molecule has 5 rings (SSSR count). The molecule has 0 saturated carbocycles. The molecule has 25 heteroatoms. The van der Waals surface area contributed by atoms with Crippen LogP contribution in [0.3, 0.4) is 0 Å². The molecule has 1 aliphatic heterocycles. The van der Waals surface area contributed by atoms with E-state index in [0.29, 0.717) is 73.7 Å². The van der Waals surface area contributed by atoms with Crippen LogP contribution >= 0.6 is 0 Å². The van der Waals surface area contributed by atoms with Crippen molar-refractivity contribution in [3.8, 4) is 17.0 Å². The van der Waals surface area contributed by atoms with E-state index in [9.17, 15) is 44.7 Å². The van der Waals surface area contributed by atoms with Crippen molar-refractivity contribution < 1.29 is 69.3 Å². The second-order valence-corrected chi connectivity index (χ2v) is 12.8. The lowest BCUT2D eigenvalue weighted by molar-refractivity contribution is -0.193. The average molecular weight is 877 g/mol. The van der Waals surface area contributed by atoms with Crippen LogP contribution in [0.4, 0.5) is 46.6 Å². The lowest BCUT2D eigenvalue weighted by Crippen LogP contribution is -2.44. The number of nitrogens with one attached hydrogen (secondary N) is 2. The number of alkyl halides is 6. The van der Waals surface area contributed by atoms with E-state index in [4.69, 9.17) is 41.7 Å². The number of aryl methyl sites for hydroxylation is 1. The van der Waals surface area contributed by atoms with Crippen LogP contribution in [0.15, 0.2) is 53.9 Å². The lowest BCUT2D eigenvalue weighted by Gasteiger charge is -2.21. The lowest BCUT2D eigenvalue weighted by atomic mass is 10.0. The molecule has 17 nitrogen and oxygen atoms in total. The van der Waals surface area contributed by atoms with E-state index in [1.54, 1.807) is 27.6 Å². The van der Waals surface area contributed by atoms with Gasteiger partial charge in [0.2, 0.25) is 11.7 Å². The van der Waals surface area contributed by atoms with Crippen molar-refractivity contribution in [3.63, 3.8) is 0 Å². The molecule has 3 heterocycles. The smallest absolute Gasteiger partial charge is 0.490 e. The van der Waals surface area contributed by atoms with Gasteiger partial charge in [0.25, 0.3) is 5.91 Å². The third-order valence-electron chi connectivity index (χ3n) is 8.57. The fraction of sp³-hybridized carbons (Fsp3) is 0.361. The molecule has 2 aromatic heterocycles. The van der Waals surface area contributed by atoms with Crippen molar-refractivity contribution in [3.05, 3.63) is 71.7 Å². The van der Waals surface area contributed by atoms with E-state index in [-0.39, 0.29) is 35.1 Å². The fourth-order valence-electron chi connectivity index (χ4n) is 5.63. The van der Waals surface area contributed by atoms with Crippen molar-refractivity contribution in [1.82, 2.24) is 24.6 Å². The minimum Gasteiger partial charge on any atom is -0.494 e. The number of carboxylic acids is 2. The number of guanidine groups is 1. The highest BCUT2D eigenvalue weighted by Crippen LogP contribution is 2.32. The second kappa shape index (κ2) is 20.9. The maximum absolute atomic E-state index is 14.9. The number of aliphatic imine (C=N–C) groups is 1. The Bertz CT molecular complexity index is 2210. The van der Waals surface area contributed by atoms with Crippen LogP contribution in [0, 0.1) is 11.6 Å². The van der Waals surface area contributed by atoms with Crippen LogP contribution in [0.5, 0.6) is 5.75 Å². The number of benzene rings is 2. The number of nitrogens with zero attached hydrogens (tertiary/aromatic N) is 5. The minimum atomic E-state index is -5.08. The zero-order valence-corrected chi connectivity index (χ0v) is 32.2. The van der Waals surface area contributed by atoms with Gasteiger partial charge < -0.3 is 47.7 Å². The second-order valence-electron chi connectivity index (χ2n) is 12.8. The molecule has 1 aliphatic rings. The summed E-state index contributed by atoms with van der Waals surface area (Å²) < 4.78 is 99.3. The van der Waals surface area contributed by atoms with Crippen LogP contribution in [0.25, 0.3) is 16.9 Å². The van der Waals surface area contributed by atoms with Crippen molar-refractivity contribution in [2.24, 2.45) is 22.2 Å². The number of fused-ring (bicyclic) bond motifs is 1. The first kappa shape index (κ1) is 48.6. The van der Waals surface area contributed by atoms with Crippen molar-refractivity contribution in [2.75, 3.05) is 32.1 Å². The Morgan fingerprint density at radius 3 is 2.21 bits per heavy atom. The highest BCUT2D eigenvalue weighted by molar-refractivity contribution is 5.96. The molecule has 2 atom stereocenters. The monoisotopic (exact) mass is 876 g/mol. The van der Waals surface area contributed by atoms with Crippen LogP contribution in [0.1, 0.15) is 42.1 Å². The molecule has 4 aromatic rings. The molecule has 1 fully saturated rings. The third kappa shape index (κ3) is 13.4. The number of hydrogen-bond donors (Lipinski definition) is 7. The number of aliphatic carboxylic acids is 2. The Morgan fingerprint density at radius 1 is 1.00 bits per heavy atom. The topological polar surface area (TPSA) is 266 Å². The molecular weight excluding hydrogens is 836 g/mol.